The Kier molecular flexibility index (Phi) is 3.94. The van der Waals surface area contributed by atoms with E-state index in [2.05, 4.69) is 5.92 Å². The van der Waals surface area contributed by atoms with E-state index in [9.17, 15) is 4.39 Å². The van der Waals surface area contributed by atoms with Crippen LogP contribution in [0.2, 0.25) is 5.02 Å². The third-order valence-corrected chi connectivity index (χ3v) is 2.26. The van der Waals surface area contributed by atoms with Crippen molar-refractivity contribution in [2.24, 2.45) is 5.73 Å². The smallest absolute Gasteiger partial charge is 0.127 e. The first-order chi connectivity index (χ1) is 6.65. The molecule has 0 heterocycles. The molecule has 0 amide bonds. The summed E-state index contributed by atoms with van der Waals surface area (Å²) in [5.41, 5.74) is 6.13. The monoisotopic (exact) mass is 211 g/mol. The molecule has 0 saturated heterocycles. The van der Waals surface area contributed by atoms with Gasteiger partial charge in [-0.2, -0.15) is 0 Å². The summed E-state index contributed by atoms with van der Waals surface area (Å²) in [7, 11) is 0. The summed E-state index contributed by atoms with van der Waals surface area (Å²) in [6.45, 7) is 0. The Balaban J connectivity index is 2.81. The number of terminal acetylenes is 1. The second-order valence-corrected chi connectivity index (χ2v) is 3.48. The maximum absolute atomic E-state index is 13.3. The predicted molar refractivity (Wildman–Crippen MR) is 56.5 cm³/mol. The molecule has 14 heavy (non-hydrogen) atoms. The van der Waals surface area contributed by atoms with Crippen molar-refractivity contribution >= 4 is 11.6 Å². The topological polar surface area (TPSA) is 26.0 Å². The molecule has 3 heteroatoms. The van der Waals surface area contributed by atoms with Crippen molar-refractivity contribution in [3.05, 3.63) is 34.6 Å². The van der Waals surface area contributed by atoms with Crippen LogP contribution in [0.25, 0.3) is 0 Å². The number of rotatable bonds is 3. The quantitative estimate of drug-likeness (QED) is 0.764. The molecule has 1 nitrogen and oxygen atoms in total. The fourth-order valence-corrected chi connectivity index (χ4v) is 1.45. The van der Waals surface area contributed by atoms with Crippen molar-refractivity contribution < 1.29 is 4.39 Å². The fourth-order valence-electron chi connectivity index (χ4n) is 1.21. The van der Waals surface area contributed by atoms with Crippen LogP contribution in [0, 0.1) is 18.2 Å². The van der Waals surface area contributed by atoms with Gasteiger partial charge in [0.2, 0.25) is 0 Å². The summed E-state index contributed by atoms with van der Waals surface area (Å²) < 4.78 is 13.3. The lowest BCUT2D eigenvalue weighted by atomic mass is 10.0. The SMILES string of the molecule is C#CCC(N)Cc1c(F)cccc1Cl. The minimum absolute atomic E-state index is 0.241. The van der Waals surface area contributed by atoms with E-state index < -0.39 is 0 Å². The number of halogens is 2. The third kappa shape index (κ3) is 2.73. The van der Waals surface area contributed by atoms with Crippen molar-refractivity contribution in [1.82, 2.24) is 0 Å². The van der Waals surface area contributed by atoms with Crippen LogP contribution in [0.4, 0.5) is 4.39 Å². The summed E-state index contributed by atoms with van der Waals surface area (Å²) in [6.07, 6.45) is 5.89. The van der Waals surface area contributed by atoms with Crippen molar-refractivity contribution in [1.29, 1.82) is 0 Å². The van der Waals surface area contributed by atoms with E-state index in [1.165, 1.54) is 6.07 Å². The van der Waals surface area contributed by atoms with Crippen molar-refractivity contribution in [2.75, 3.05) is 0 Å². The van der Waals surface area contributed by atoms with E-state index in [4.69, 9.17) is 23.8 Å². The van der Waals surface area contributed by atoms with Gasteiger partial charge in [-0.05, 0) is 18.6 Å². The molecule has 74 valence electrons. The largest absolute Gasteiger partial charge is 0.327 e. The van der Waals surface area contributed by atoms with Gasteiger partial charge in [0.1, 0.15) is 5.82 Å². The van der Waals surface area contributed by atoms with Gasteiger partial charge in [0.25, 0.3) is 0 Å². The van der Waals surface area contributed by atoms with E-state index >= 15 is 0 Å². The molecule has 1 atom stereocenters. The highest BCUT2D eigenvalue weighted by molar-refractivity contribution is 6.31. The van der Waals surface area contributed by atoms with Crippen LogP contribution < -0.4 is 5.73 Å². The summed E-state index contributed by atoms with van der Waals surface area (Å²) >= 11 is 5.83. The molecule has 1 rings (SSSR count). The van der Waals surface area contributed by atoms with E-state index in [1.807, 2.05) is 0 Å². The highest BCUT2D eigenvalue weighted by atomic mass is 35.5. The molecule has 1 aromatic carbocycles. The van der Waals surface area contributed by atoms with Crippen LogP contribution in [0.1, 0.15) is 12.0 Å². The molecule has 0 saturated carbocycles. The van der Waals surface area contributed by atoms with Gasteiger partial charge in [-0.25, -0.2) is 4.39 Å². The average molecular weight is 212 g/mol. The van der Waals surface area contributed by atoms with Crippen LogP contribution in [0.5, 0.6) is 0 Å². The Morgan fingerprint density at radius 2 is 2.29 bits per heavy atom. The Morgan fingerprint density at radius 3 is 2.86 bits per heavy atom. The normalized spacial score (nSPS) is 12.1. The molecule has 0 aliphatic carbocycles. The Bertz CT molecular complexity index is 337. The van der Waals surface area contributed by atoms with Gasteiger partial charge in [-0.3, -0.25) is 0 Å². The number of nitrogens with two attached hydrogens (primary N) is 1. The van der Waals surface area contributed by atoms with Gasteiger partial charge in [0, 0.05) is 23.0 Å². The summed E-state index contributed by atoms with van der Waals surface area (Å²) in [5.74, 6) is 2.11. The van der Waals surface area contributed by atoms with Gasteiger partial charge in [-0.15, -0.1) is 12.3 Å². The fraction of sp³-hybridized carbons (Fsp3) is 0.273. The number of hydrogen-bond donors (Lipinski definition) is 1. The molecule has 0 radical (unpaired) electrons. The minimum atomic E-state index is -0.329. The third-order valence-electron chi connectivity index (χ3n) is 1.91. The zero-order chi connectivity index (χ0) is 10.6. The van der Waals surface area contributed by atoms with Crippen molar-refractivity contribution in [2.45, 2.75) is 18.9 Å². The average Bonchev–Trinajstić information content (AvgIpc) is 2.12. The first-order valence-electron chi connectivity index (χ1n) is 4.27. The lowest BCUT2D eigenvalue weighted by Crippen LogP contribution is -2.22. The van der Waals surface area contributed by atoms with Crippen molar-refractivity contribution in [3.63, 3.8) is 0 Å². The molecule has 0 aliphatic heterocycles. The highest BCUT2D eigenvalue weighted by Crippen LogP contribution is 2.20. The van der Waals surface area contributed by atoms with Crippen LogP contribution in [0.15, 0.2) is 18.2 Å². The van der Waals surface area contributed by atoms with Gasteiger partial charge >= 0.3 is 0 Å². The maximum Gasteiger partial charge on any atom is 0.127 e. The maximum atomic E-state index is 13.3. The van der Waals surface area contributed by atoms with Crippen LogP contribution in [-0.2, 0) is 6.42 Å². The molecule has 0 aliphatic rings. The minimum Gasteiger partial charge on any atom is -0.327 e. The molecule has 1 aromatic rings. The molecule has 1 unspecified atom stereocenters. The van der Waals surface area contributed by atoms with E-state index in [1.54, 1.807) is 12.1 Å². The van der Waals surface area contributed by atoms with E-state index in [0.717, 1.165) is 0 Å². The Hall–Kier alpha value is -1.04. The lowest BCUT2D eigenvalue weighted by molar-refractivity contribution is 0.589. The lowest BCUT2D eigenvalue weighted by Gasteiger charge is -2.10. The molecular weight excluding hydrogens is 201 g/mol. The Morgan fingerprint density at radius 1 is 1.57 bits per heavy atom. The summed E-state index contributed by atoms with van der Waals surface area (Å²) in [4.78, 5) is 0. The van der Waals surface area contributed by atoms with Crippen LogP contribution in [0.3, 0.4) is 0 Å². The molecule has 0 bridgehead atoms. The van der Waals surface area contributed by atoms with E-state index in [-0.39, 0.29) is 11.9 Å². The number of benzene rings is 1. The molecular formula is C11H11ClFN. The zero-order valence-corrected chi connectivity index (χ0v) is 8.39. The van der Waals surface area contributed by atoms with Crippen LogP contribution in [-0.4, -0.2) is 6.04 Å². The predicted octanol–water partition coefficient (Wildman–Crippen LogP) is 2.37. The number of hydrogen-bond acceptors (Lipinski definition) is 1. The Labute approximate surface area is 88.1 Å². The molecule has 2 N–H and O–H groups in total. The molecule has 0 aromatic heterocycles. The molecule has 0 spiro atoms. The highest BCUT2D eigenvalue weighted by Gasteiger charge is 2.10. The van der Waals surface area contributed by atoms with Crippen molar-refractivity contribution in [3.8, 4) is 12.3 Å². The van der Waals surface area contributed by atoms with Gasteiger partial charge in [0.05, 0.1) is 0 Å². The van der Waals surface area contributed by atoms with E-state index in [0.29, 0.717) is 23.4 Å². The molecule has 0 fully saturated rings. The van der Waals surface area contributed by atoms with Gasteiger partial charge in [-0.1, -0.05) is 17.7 Å². The zero-order valence-electron chi connectivity index (χ0n) is 7.63. The standard InChI is InChI=1S/C11H11ClFN/c1-2-4-8(14)7-9-10(12)5-3-6-11(9)13/h1,3,5-6,8H,4,7,14H2. The van der Waals surface area contributed by atoms with Crippen LogP contribution >= 0.6 is 11.6 Å². The second kappa shape index (κ2) is 4.99. The van der Waals surface area contributed by atoms with Gasteiger partial charge in [0.15, 0.2) is 0 Å². The van der Waals surface area contributed by atoms with Gasteiger partial charge < -0.3 is 5.73 Å². The second-order valence-electron chi connectivity index (χ2n) is 3.07. The first kappa shape index (κ1) is 11.0. The summed E-state index contributed by atoms with van der Waals surface area (Å²) in [6, 6.07) is 4.33. The first-order valence-corrected chi connectivity index (χ1v) is 4.65. The summed E-state index contributed by atoms with van der Waals surface area (Å²) in [5, 5.41) is 0.400.